The van der Waals surface area contributed by atoms with Gasteiger partial charge in [-0.1, -0.05) is 17.7 Å². The average molecular weight is 328 g/mol. The van der Waals surface area contributed by atoms with Gasteiger partial charge >= 0.3 is 17.9 Å². The van der Waals surface area contributed by atoms with E-state index in [2.05, 4.69) is 19.2 Å². The lowest BCUT2D eigenvalue weighted by molar-refractivity contribution is -0.154. The van der Waals surface area contributed by atoms with Crippen molar-refractivity contribution < 1.29 is 28.6 Å². The Labute approximate surface area is 131 Å². The minimum Gasteiger partial charge on any atom is -0.468 e. The number of aliphatic imine (C=N–C) groups is 1. The summed E-state index contributed by atoms with van der Waals surface area (Å²) in [6, 6.07) is 4.51. The molecule has 0 bridgehead atoms. The van der Waals surface area contributed by atoms with Gasteiger partial charge in [0.15, 0.2) is 5.92 Å². The molecule has 0 heterocycles. The summed E-state index contributed by atoms with van der Waals surface area (Å²) in [6.07, 6.45) is 1.04. The van der Waals surface area contributed by atoms with Crippen LogP contribution >= 0.6 is 11.6 Å². The maximum Gasteiger partial charge on any atom is 0.339 e. The van der Waals surface area contributed by atoms with Crippen LogP contribution < -0.4 is 0 Å². The summed E-state index contributed by atoms with van der Waals surface area (Å²) in [7, 11) is 3.49. The topological polar surface area (TPSA) is 91.3 Å². The number of ether oxygens (including phenoxy) is 3. The van der Waals surface area contributed by atoms with Gasteiger partial charge in [-0.15, -0.1) is 0 Å². The molecule has 0 aliphatic rings. The van der Waals surface area contributed by atoms with E-state index in [1.165, 1.54) is 25.3 Å². The van der Waals surface area contributed by atoms with E-state index >= 15 is 0 Å². The molecule has 0 aliphatic carbocycles. The highest BCUT2D eigenvalue weighted by molar-refractivity contribution is 6.36. The Hall–Kier alpha value is -2.41. The lowest BCUT2D eigenvalue weighted by Gasteiger charge is -2.08. The zero-order valence-electron chi connectivity index (χ0n) is 12.2. The van der Waals surface area contributed by atoms with Crippen LogP contribution in [0, 0.1) is 5.92 Å². The van der Waals surface area contributed by atoms with Crippen molar-refractivity contribution in [3.63, 3.8) is 0 Å². The van der Waals surface area contributed by atoms with Crippen LogP contribution in [0.1, 0.15) is 10.4 Å². The number of hydrogen-bond acceptors (Lipinski definition) is 7. The number of nitrogens with zero attached hydrogens (tertiary/aromatic N) is 1. The van der Waals surface area contributed by atoms with Crippen LogP contribution in [0.15, 0.2) is 23.2 Å². The van der Waals surface area contributed by atoms with Crippen molar-refractivity contribution in [2.75, 3.05) is 21.3 Å². The molecule has 0 amide bonds. The molecule has 0 aliphatic heterocycles. The first-order chi connectivity index (χ1) is 10.5. The first-order valence-corrected chi connectivity index (χ1v) is 6.40. The zero-order chi connectivity index (χ0) is 16.7. The molecule has 0 unspecified atom stereocenters. The molecule has 1 aromatic rings. The molecule has 0 N–H and O–H groups in total. The molecule has 0 fully saturated rings. The molecule has 118 valence electrons. The van der Waals surface area contributed by atoms with Gasteiger partial charge in [0, 0.05) is 6.21 Å². The summed E-state index contributed by atoms with van der Waals surface area (Å²) >= 11 is 6.05. The summed E-state index contributed by atoms with van der Waals surface area (Å²) in [4.78, 5) is 38.5. The Bertz CT molecular complexity index is 597. The van der Waals surface area contributed by atoms with Crippen LogP contribution in [0.4, 0.5) is 5.69 Å². The van der Waals surface area contributed by atoms with Gasteiger partial charge in [-0.2, -0.15) is 0 Å². The van der Waals surface area contributed by atoms with Crippen LogP contribution in [0.3, 0.4) is 0 Å². The Kier molecular flexibility index (Phi) is 6.52. The van der Waals surface area contributed by atoms with Crippen molar-refractivity contribution in [2.45, 2.75) is 0 Å². The van der Waals surface area contributed by atoms with E-state index in [0.717, 1.165) is 20.4 Å². The van der Waals surface area contributed by atoms with Crippen molar-refractivity contribution in [3.05, 3.63) is 28.8 Å². The van der Waals surface area contributed by atoms with Crippen LogP contribution in [0.25, 0.3) is 0 Å². The van der Waals surface area contributed by atoms with E-state index in [0.29, 0.717) is 0 Å². The van der Waals surface area contributed by atoms with E-state index < -0.39 is 23.8 Å². The number of methoxy groups -OCH3 is 3. The van der Waals surface area contributed by atoms with Crippen molar-refractivity contribution in [2.24, 2.45) is 10.9 Å². The van der Waals surface area contributed by atoms with E-state index in [1.54, 1.807) is 0 Å². The van der Waals surface area contributed by atoms with Gasteiger partial charge < -0.3 is 14.2 Å². The molecular weight excluding hydrogens is 314 g/mol. The van der Waals surface area contributed by atoms with E-state index in [9.17, 15) is 14.4 Å². The largest absolute Gasteiger partial charge is 0.468 e. The summed E-state index contributed by atoms with van der Waals surface area (Å²) < 4.78 is 13.6. The quantitative estimate of drug-likeness (QED) is 0.354. The number of carbonyl (C=O) groups is 3. The minimum atomic E-state index is -1.33. The Morgan fingerprint density at radius 3 is 2.18 bits per heavy atom. The van der Waals surface area contributed by atoms with Gasteiger partial charge in [0.2, 0.25) is 0 Å². The van der Waals surface area contributed by atoms with Gasteiger partial charge in [-0.3, -0.25) is 14.6 Å². The van der Waals surface area contributed by atoms with Crippen LogP contribution in [-0.2, 0) is 23.8 Å². The van der Waals surface area contributed by atoms with Gasteiger partial charge in [-0.25, -0.2) is 4.79 Å². The lowest BCUT2D eigenvalue weighted by Crippen LogP contribution is -2.27. The standard InChI is InChI=1S/C14H14ClNO6/c1-20-12(17)8-5-4-6-10(11(8)15)16-7-9(13(18)21-2)14(19)22-3/h4-7,9H,1-3H3. The lowest BCUT2D eigenvalue weighted by atomic mass is 10.1. The second-order valence-electron chi connectivity index (χ2n) is 3.93. The highest BCUT2D eigenvalue weighted by Crippen LogP contribution is 2.28. The molecule has 0 saturated heterocycles. The molecule has 7 nitrogen and oxygen atoms in total. The minimum absolute atomic E-state index is 0.0408. The summed E-state index contributed by atoms with van der Waals surface area (Å²) in [5.41, 5.74) is 0.314. The third kappa shape index (κ3) is 4.05. The van der Waals surface area contributed by atoms with Crippen molar-refractivity contribution in [1.82, 2.24) is 0 Å². The number of rotatable bonds is 5. The Morgan fingerprint density at radius 1 is 1.09 bits per heavy atom. The SMILES string of the molecule is COC(=O)c1cccc(N=CC(C(=O)OC)C(=O)OC)c1Cl. The fraction of sp³-hybridized carbons (Fsp3) is 0.286. The monoisotopic (exact) mass is 327 g/mol. The molecule has 0 radical (unpaired) electrons. The third-order valence-corrected chi connectivity index (χ3v) is 3.05. The first-order valence-electron chi connectivity index (χ1n) is 6.02. The van der Waals surface area contributed by atoms with E-state index in [-0.39, 0.29) is 16.3 Å². The molecule has 0 aromatic heterocycles. The van der Waals surface area contributed by atoms with Gasteiger partial charge in [0.25, 0.3) is 0 Å². The molecular formula is C14H14ClNO6. The number of halogens is 1. The second kappa shape index (κ2) is 8.14. The summed E-state index contributed by atoms with van der Waals surface area (Å²) in [5, 5.41) is 0.0408. The van der Waals surface area contributed by atoms with Gasteiger partial charge in [0.1, 0.15) is 0 Å². The molecule has 0 atom stereocenters. The second-order valence-corrected chi connectivity index (χ2v) is 4.31. The van der Waals surface area contributed by atoms with Crippen LogP contribution in [0.2, 0.25) is 5.02 Å². The molecule has 1 rings (SSSR count). The Balaban J connectivity index is 3.13. The maximum absolute atomic E-state index is 11.5. The maximum atomic E-state index is 11.5. The van der Waals surface area contributed by atoms with Crippen LogP contribution in [-0.4, -0.2) is 45.5 Å². The predicted octanol–water partition coefficient (Wildman–Crippen LogP) is 1.79. The van der Waals surface area contributed by atoms with Gasteiger partial charge in [-0.05, 0) is 12.1 Å². The molecule has 0 saturated carbocycles. The molecule has 22 heavy (non-hydrogen) atoms. The van der Waals surface area contributed by atoms with Crippen LogP contribution in [0.5, 0.6) is 0 Å². The van der Waals surface area contributed by atoms with Gasteiger partial charge in [0.05, 0.1) is 37.6 Å². The van der Waals surface area contributed by atoms with Crippen molar-refractivity contribution >= 4 is 41.4 Å². The fourth-order valence-corrected chi connectivity index (χ4v) is 1.77. The number of esters is 3. The van der Waals surface area contributed by atoms with E-state index in [1.807, 2.05) is 0 Å². The highest BCUT2D eigenvalue weighted by atomic mass is 35.5. The first kappa shape index (κ1) is 17.6. The normalized spacial score (nSPS) is 10.6. The molecule has 0 spiro atoms. The smallest absolute Gasteiger partial charge is 0.339 e. The number of benzene rings is 1. The molecule has 8 heteroatoms. The Morgan fingerprint density at radius 2 is 1.68 bits per heavy atom. The zero-order valence-corrected chi connectivity index (χ0v) is 12.9. The third-order valence-electron chi connectivity index (χ3n) is 2.66. The highest BCUT2D eigenvalue weighted by Gasteiger charge is 2.26. The summed E-state index contributed by atoms with van der Waals surface area (Å²) in [6.45, 7) is 0. The van der Waals surface area contributed by atoms with E-state index in [4.69, 9.17) is 11.6 Å². The average Bonchev–Trinajstić information content (AvgIpc) is 2.54. The number of hydrogen-bond donors (Lipinski definition) is 0. The van der Waals surface area contributed by atoms with Crippen molar-refractivity contribution in [3.8, 4) is 0 Å². The number of carbonyl (C=O) groups excluding carboxylic acids is 3. The molecule has 1 aromatic carbocycles. The summed E-state index contributed by atoms with van der Waals surface area (Å²) in [5.74, 6) is -3.60. The predicted molar refractivity (Wildman–Crippen MR) is 78.5 cm³/mol. The van der Waals surface area contributed by atoms with Crippen molar-refractivity contribution in [1.29, 1.82) is 0 Å². The fourth-order valence-electron chi connectivity index (χ4n) is 1.51.